The van der Waals surface area contributed by atoms with Gasteiger partial charge < -0.3 is 18.8 Å². The SMILES string of the molecule is CN1CCOB(c2cncc(S(=O)[O-])c2)OCC1.[Li+]. The summed E-state index contributed by atoms with van der Waals surface area (Å²) in [4.78, 5) is 6.13. The molecule has 0 N–H and O–H groups in total. The van der Waals surface area contributed by atoms with E-state index in [0.717, 1.165) is 13.1 Å². The Kier molecular flexibility index (Phi) is 7.25. The Balaban J connectivity index is 0.00000180. The minimum Gasteiger partial charge on any atom is -0.768 e. The van der Waals surface area contributed by atoms with Gasteiger partial charge in [0, 0.05) is 49.1 Å². The van der Waals surface area contributed by atoms with E-state index >= 15 is 0 Å². The number of pyridine rings is 1. The van der Waals surface area contributed by atoms with Gasteiger partial charge in [0.05, 0.1) is 0 Å². The van der Waals surface area contributed by atoms with E-state index in [1.54, 1.807) is 6.20 Å². The summed E-state index contributed by atoms with van der Waals surface area (Å²) >= 11 is -2.29. The zero-order valence-corrected chi connectivity index (χ0v) is 11.9. The second-order valence-corrected chi connectivity index (χ2v) is 5.01. The third-order valence-electron chi connectivity index (χ3n) is 2.68. The predicted molar refractivity (Wildman–Crippen MR) is 66.2 cm³/mol. The molecule has 1 aromatic heterocycles. The van der Waals surface area contributed by atoms with Crippen LogP contribution in [0, 0.1) is 0 Å². The molecule has 1 aliphatic heterocycles. The van der Waals surface area contributed by atoms with Crippen molar-refractivity contribution in [2.75, 3.05) is 33.4 Å². The summed E-state index contributed by atoms with van der Waals surface area (Å²) < 4.78 is 32.9. The van der Waals surface area contributed by atoms with Crippen LogP contribution in [0.5, 0.6) is 0 Å². The Bertz CT molecular complexity index is 430. The van der Waals surface area contributed by atoms with Crippen molar-refractivity contribution in [2.24, 2.45) is 0 Å². The van der Waals surface area contributed by atoms with Crippen LogP contribution in [-0.2, 0) is 20.4 Å². The molecular weight excluding hydrogens is 262 g/mol. The Morgan fingerprint density at radius 1 is 1.37 bits per heavy atom. The molecular formula is C10H14BLiN2O4S. The van der Waals surface area contributed by atoms with Crippen molar-refractivity contribution in [3.8, 4) is 0 Å². The first-order valence-corrected chi connectivity index (χ1v) is 6.70. The molecule has 1 atom stereocenters. The van der Waals surface area contributed by atoms with Gasteiger partial charge in [-0.3, -0.25) is 9.19 Å². The maximum Gasteiger partial charge on any atom is 1.00 e. The van der Waals surface area contributed by atoms with Gasteiger partial charge in [0.1, 0.15) is 0 Å². The van der Waals surface area contributed by atoms with Crippen molar-refractivity contribution < 1.29 is 36.9 Å². The summed E-state index contributed by atoms with van der Waals surface area (Å²) in [7, 11) is 1.45. The monoisotopic (exact) mass is 276 g/mol. The third-order valence-corrected chi connectivity index (χ3v) is 3.29. The molecule has 1 unspecified atom stereocenters. The molecule has 0 amide bonds. The van der Waals surface area contributed by atoms with Gasteiger partial charge in [0.25, 0.3) is 0 Å². The average molecular weight is 276 g/mol. The summed E-state index contributed by atoms with van der Waals surface area (Å²) in [6, 6.07) is 1.52. The Morgan fingerprint density at radius 2 is 2.00 bits per heavy atom. The largest absolute Gasteiger partial charge is 1.00 e. The van der Waals surface area contributed by atoms with Gasteiger partial charge in [-0.15, -0.1) is 0 Å². The van der Waals surface area contributed by atoms with E-state index < -0.39 is 18.2 Å². The molecule has 0 aliphatic carbocycles. The van der Waals surface area contributed by atoms with Crippen molar-refractivity contribution in [2.45, 2.75) is 4.90 Å². The Hall–Kier alpha value is -0.198. The topological polar surface area (TPSA) is 74.7 Å². The molecule has 2 heterocycles. The number of rotatable bonds is 2. The molecule has 0 aromatic carbocycles. The second-order valence-electron chi connectivity index (χ2n) is 4.07. The number of aromatic nitrogens is 1. The van der Waals surface area contributed by atoms with Crippen LogP contribution in [0.1, 0.15) is 0 Å². The second kappa shape index (κ2) is 8.17. The molecule has 0 spiro atoms. The quantitative estimate of drug-likeness (QED) is 0.405. The molecule has 19 heavy (non-hydrogen) atoms. The van der Waals surface area contributed by atoms with Crippen molar-refractivity contribution >= 4 is 23.7 Å². The standard InChI is InChI=1S/C10H15BN2O4S.Li/c1-13-2-4-16-11(17-5-3-13)9-6-10(18(14)15)8-12-7-9;/h6-8H,2-5H2,1H3,(H,14,15);/q;+1/p-1. The van der Waals surface area contributed by atoms with Crippen LogP contribution >= 0.6 is 0 Å². The Labute approximate surface area is 127 Å². The van der Waals surface area contributed by atoms with Crippen LogP contribution in [-0.4, -0.2) is 59.1 Å². The molecule has 0 saturated carbocycles. The first-order chi connectivity index (χ1) is 8.66. The normalized spacial score (nSPS) is 19.2. The fraction of sp³-hybridized carbons (Fsp3) is 0.500. The summed E-state index contributed by atoms with van der Waals surface area (Å²) in [5.74, 6) is 0. The summed E-state index contributed by atoms with van der Waals surface area (Å²) in [6.45, 7) is 2.71. The molecule has 9 heteroatoms. The predicted octanol–water partition coefficient (Wildman–Crippen LogP) is -4.00. The zero-order chi connectivity index (χ0) is 13.0. The minimum atomic E-state index is -2.29. The third kappa shape index (κ3) is 5.01. The molecule has 1 aliphatic rings. The number of hydrogen-bond acceptors (Lipinski definition) is 6. The zero-order valence-electron chi connectivity index (χ0n) is 11.1. The minimum absolute atomic E-state index is 0. The van der Waals surface area contributed by atoms with E-state index in [9.17, 15) is 8.76 Å². The summed E-state index contributed by atoms with van der Waals surface area (Å²) in [6.07, 6.45) is 2.86. The van der Waals surface area contributed by atoms with Gasteiger partial charge in [-0.05, 0) is 24.2 Å². The number of hydrogen-bond donors (Lipinski definition) is 0. The fourth-order valence-corrected chi connectivity index (χ4v) is 2.02. The van der Waals surface area contributed by atoms with Crippen molar-refractivity contribution in [1.29, 1.82) is 0 Å². The van der Waals surface area contributed by atoms with Gasteiger partial charge in [0.15, 0.2) is 0 Å². The van der Waals surface area contributed by atoms with E-state index in [2.05, 4.69) is 9.88 Å². The van der Waals surface area contributed by atoms with Crippen molar-refractivity contribution in [3.05, 3.63) is 18.5 Å². The molecule has 1 aromatic rings. The van der Waals surface area contributed by atoms with Crippen LogP contribution in [0.4, 0.5) is 0 Å². The molecule has 6 nitrogen and oxygen atoms in total. The van der Waals surface area contributed by atoms with Gasteiger partial charge in [0.2, 0.25) is 0 Å². The van der Waals surface area contributed by atoms with E-state index in [0.29, 0.717) is 18.7 Å². The first-order valence-electron chi connectivity index (χ1n) is 5.63. The van der Waals surface area contributed by atoms with Crippen molar-refractivity contribution in [3.63, 3.8) is 0 Å². The smallest absolute Gasteiger partial charge is 0.768 e. The Morgan fingerprint density at radius 3 is 2.58 bits per heavy atom. The maximum atomic E-state index is 10.9. The molecule has 2 rings (SSSR count). The van der Waals surface area contributed by atoms with Crippen molar-refractivity contribution in [1.82, 2.24) is 9.88 Å². The summed E-state index contributed by atoms with van der Waals surface area (Å²) in [5.41, 5.74) is 0.626. The first kappa shape index (κ1) is 16.9. The van der Waals surface area contributed by atoms with E-state index in [1.807, 2.05) is 7.05 Å². The van der Waals surface area contributed by atoms with Gasteiger partial charge in [-0.1, -0.05) is 0 Å². The summed E-state index contributed by atoms with van der Waals surface area (Å²) in [5, 5.41) is 0. The van der Waals surface area contributed by atoms with Crippen LogP contribution in [0.25, 0.3) is 0 Å². The van der Waals surface area contributed by atoms with E-state index in [-0.39, 0.29) is 23.8 Å². The fourth-order valence-electron chi connectivity index (χ4n) is 1.64. The molecule has 1 fully saturated rings. The molecule has 1 saturated heterocycles. The van der Waals surface area contributed by atoms with E-state index in [4.69, 9.17) is 9.31 Å². The van der Waals surface area contributed by atoms with E-state index in [1.165, 1.54) is 12.3 Å². The van der Waals surface area contributed by atoms with Crippen LogP contribution in [0.3, 0.4) is 0 Å². The maximum absolute atomic E-state index is 10.9. The van der Waals surface area contributed by atoms with Crippen LogP contribution < -0.4 is 24.3 Å². The molecule has 0 bridgehead atoms. The van der Waals surface area contributed by atoms with Gasteiger partial charge >= 0.3 is 26.0 Å². The molecule has 0 radical (unpaired) electrons. The average Bonchev–Trinajstić information content (AvgIpc) is 2.34. The molecule has 98 valence electrons. The number of nitrogens with zero attached hydrogens (tertiary/aromatic N) is 2. The van der Waals surface area contributed by atoms with Gasteiger partial charge in [-0.25, -0.2) is 0 Å². The van der Waals surface area contributed by atoms with Crippen LogP contribution in [0.15, 0.2) is 23.4 Å². The van der Waals surface area contributed by atoms with Crippen LogP contribution in [0.2, 0.25) is 0 Å². The van der Waals surface area contributed by atoms with Gasteiger partial charge in [-0.2, -0.15) is 0 Å². The number of likely N-dealkylation sites (N-methyl/N-ethyl adjacent to an activating group) is 1.